The van der Waals surface area contributed by atoms with Crippen molar-refractivity contribution in [1.82, 2.24) is 15.5 Å². The van der Waals surface area contributed by atoms with Crippen LogP contribution in [0, 0.1) is 13.8 Å². The topological polar surface area (TPSA) is 66.9 Å². The minimum Gasteiger partial charge on any atom is -0.348 e. The fourth-order valence-electron chi connectivity index (χ4n) is 2.99. The van der Waals surface area contributed by atoms with Crippen LogP contribution in [-0.4, -0.2) is 22.1 Å². The van der Waals surface area contributed by atoms with Gasteiger partial charge in [-0.3, -0.25) is 4.79 Å². The Bertz CT molecular complexity index is 670. The highest BCUT2D eigenvalue weighted by molar-refractivity contribution is 5.92. The summed E-state index contributed by atoms with van der Waals surface area (Å²) < 4.78 is 0. The summed E-state index contributed by atoms with van der Waals surface area (Å²) in [7, 11) is 0. The van der Waals surface area contributed by atoms with Crippen LogP contribution >= 0.6 is 0 Å². The number of carbonyl (C=O) groups excluding carboxylic acids is 1. The van der Waals surface area contributed by atoms with Crippen molar-refractivity contribution in [3.05, 3.63) is 47.2 Å². The van der Waals surface area contributed by atoms with Crippen LogP contribution in [0.2, 0.25) is 0 Å². The van der Waals surface area contributed by atoms with E-state index in [0.29, 0.717) is 11.5 Å². The highest BCUT2D eigenvalue weighted by atomic mass is 16.2. The van der Waals surface area contributed by atoms with E-state index in [1.165, 1.54) is 12.8 Å². The first-order chi connectivity index (χ1) is 11.1. The van der Waals surface area contributed by atoms with Crippen molar-refractivity contribution in [2.45, 2.75) is 45.6 Å². The van der Waals surface area contributed by atoms with Gasteiger partial charge in [-0.2, -0.15) is 0 Å². The van der Waals surface area contributed by atoms with Gasteiger partial charge in [0.2, 0.25) is 0 Å². The van der Waals surface area contributed by atoms with E-state index in [0.717, 1.165) is 29.7 Å². The molecule has 3 rings (SSSR count). The molecule has 0 atom stereocenters. The Morgan fingerprint density at radius 3 is 2.35 bits per heavy atom. The third-order valence-electron chi connectivity index (χ3n) is 4.32. The van der Waals surface area contributed by atoms with Gasteiger partial charge in [-0.1, -0.05) is 31.0 Å². The number of nitrogens with one attached hydrogen (secondary N) is 2. The molecule has 0 aliphatic heterocycles. The third kappa shape index (κ3) is 3.67. The highest BCUT2D eigenvalue weighted by Gasteiger charge is 2.18. The molecule has 1 aromatic heterocycles. The molecule has 5 heteroatoms. The Hall–Kier alpha value is -2.43. The van der Waals surface area contributed by atoms with E-state index < -0.39 is 0 Å². The van der Waals surface area contributed by atoms with Crippen LogP contribution in [0.3, 0.4) is 0 Å². The first-order valence-corrected chi connectivity index (χ1v) is 8.11. The number of anilines is 2. The zero-order chi connectivity index (χ0) is 16.2. The number of aryl methyl sites for hydroxylation is 2. The van der Waals surface area contributed by atoms with Gasteiger partial charge in [-0.25, -0.2) is 0 Å². The van der Waals surface area contributed by atoms with E-state index in [1.54, 1.807) is 12.1 Å². The summed E-state index contributed by atoms with van der Waals surface area (Å²) in [4.78, 5) is 12.1. The maximum absolute atomic E-state index is 12.1. The van der Waals surface area contributed by atoms with Crippen molar-refractivity contribution in [3.63, 3.8) is 0 Å². The fraction of sp³-hybridized carbons (Fsp3) is 0.389. The van der Waals surface area contributed by atoms with E-state index in [2.05, 4.69) is 20.8 Å². The lowest BCUT2D eigenvalue weighted by molar-refractivity contribution is 0.0932. The predicted octanol–water partition coefficient (Wildman–Crippen LogP) is 3.51. The molecule has 2 aromatic rings. The van der Waals surface area contributed by atoms with Gasteiger partial charge in [0.05, 0.1) is 0 Å². The first-order valence-electron chi connectivity index (χ1n) is 8.11. The Morgan fingerprint density at radius 2 is 1.74 bits per heavy atom. The number of hydrogen-bond donors (Lipinski definition) is 2. The van der Waals surface area contributed by atoms with Crippen molar-refractivity contribution in [3.8, 4) is 0 Å². The Balaban J connectivity index is 1.68. The molecule has 5 nitrogen and oxygen atoms in total. The lowest BCUT2D eigenvalue weighted by Gasteiger charge is -2.13. The van der Waals surface area contributed by atoms with E-state index >= 15 is 0 Å². The van der Waals surface area contributed by atoms with Gasteiger partial charge >= 0.3 is 0 Å². The van der Waals surface area contributed by atoms with Crippen LogP contribution in [0.4, 0.5) is 11.5 Å². The van der Waals surface area contributed by atoms with Crippen LogP contribution in [0.5, 0.6) is 0 Å². The van der Waals surface area contributed by atoms with Gasteiger partial charge in [0, 0.05) is 11.7 Å². The Morgan fingerprint density at radius 1 is 1.04 bits per heavy atom. The largest absolute Gasteiger partial charge is 0.348 e. The number of aromatic nitrogens is 2. The third-order valence-corrected chi connectivity index (χ3v) is 4.32. The zero-order valence-corrected chi connectivity index (χ0v) is 13.6. The summed E-state index contributed by atoms with van der Waals surface area (Å²) in [5.41, 5.74) is 3.69. The number of nitrogens with zero attached hydrogens (tertiary/aromatic N) is 2. The lowest BCUT2D eigenvalue weighted by atomic mass is 10.1. The molecule has 0 bridgehead atoms. The lowest BCUT2D eigenvalue weighted by Crippen LogP contribution is -2.33. The number of carbonyl (C=O) groups is 1. The van der Waals surface area contributed by atoms with Crippen molar-refractivity contribution < 1.29 is 4.79 Å². The molecule has 0 radical (unpaired) electrons. The van der Waals surface area contributed by atoms with Crippen LogP contribution in [0.25, 0.3) is 0 Å². The van der Waals surface area contributed by atoms with Crippen LogP contribution < -0.4 is 10.6 Å². The van der Waals surface area contributed by atoms with Gasteiger partial charge in [-0.05, 0) is 49.9 Å². The van der Waals surface area contributed by atoms with E-state index in [-0.39, 0.29) is 11.9 Å². The molecule has 0 spiro atoms. The van der Waals surface area contributed by atoms with Gasteiger partial charge in [-0.15, -0.1) is 10.2 Å². The first kappa shape index (κ1) is 15.5. The van der Waals surface area contributed by atoms with Crippen LogP contribution in [-0.2, 0) is 0 Å². The van der Waals surface area contributed by atoms with E-state index in [9.17, 15) is 4.79 Å². The Labute approximate surface area is 136 Å². The molecular weight excluding hydrogens is 288 g/mol. The smallest absolute Gasteiger partial charge is 0.272 e. The van der Waals surface area contributed by atoms with Gasteiger partial charge in [0.25, 0.3) is 5.91 Å². The summed E-state index contributed by atoms with van der Waals surface area (Å²) >= 11 is 0. The highest BCUT2D eigenvalue weighted by Crippen LogP contribution is 2.23. The van der Waals surface area contributed by atoms with Crippen molar-refractivity contribution in [1.29, 1.82) is 0 Å². The standard InChI is InChI=1S/C18H22N4O/c1-12-6-5-7-13(2)17(12)20-16-11-10-15(21-22-16)18(23)19-14-8-3-4-9-14/h5-7,10-11,14H,3-4,8-9H2,1-2H3,(H,19,23)(H,20,22). The molecule has 1 fully saturated rings. The van der Waals surface area contributed by atoms with Crippen LogP contribution in [0.15, 0.2) is 30.3 Å². The maximum atomic E-state index is 12.1. The van der Waals surface area contributed by atoms with Crippen molar-refractivity contribution in [2.24, 2.45) is 0 Å². The molecule has 1 heterocycles. The fourth-order valence-corrected chi connectivity index (χ4v) is 2.99. The molecule has 0 saturated heterocycles. The molecule has 1 aromatic carbocycles. The number of rotatable bonds is 4. The molecule has 1 aliphatic carbocycles. The summed E-state index contributed by atoms with van der Waals surface area (Å²) in [5.74, 6) is 0.503. The van der Waals surface area contributed by atoms with Crippen molar-refractivity contribution >= 4 is 17.4 Å². The molecule has 1 aliphatic rings. The minimum absolute atomic E-state index is 0.136. The number of hydrogen-bond acceptors (Lipinski definition) is 4. The number of amides is 1. The molecular formula is C18H22N4O. The molecule has 120 valence electrons. The number of benzene rings is 1. The van der Waals surface area contributed by atoms with Gasteiger partial charge < -0.3 is 10.6 Å². The summed E-state index contributed by atoms with van der Waals surface area (Å²) in [6, 6.07) is 9.92. The van der Waals surface area contributed by atoms with E-state index in [1.807, 2.05) is 32.0 Å². The summed E-state index contributed by atoms with van der Waals surface area (Å²) in [6.45, 7) is 4.10. The summed E-state index contributed by atoms with van der Waals surface area (Å²) in [5, 5.41) is 14.5. The second-order valence-electron chi connectivity index (χ2n) is 6.15. The number of para-hydroxylation sites is 1. The molecule has 0 unspecified atom stereocenters. The van der Waals surface area contributed by atoms with E-state index in [4.69, 9.17) is 0 Å². The second-order valence-corrected chi connectivity index (χ2v) is 6.15. The molecule has 1 amide bonds. The summed E-state index contributed by atoms with van der Waals surface area (Å²) in [6.07, 6.45) is 4.50. The molecule has 1 saturated carbocycles. The zero-order valence-electron chi connectivity index (χ0n) is 13.6. The minimum atomic E-state index is -0.136. The van der Waals surface area contributed by atoms with Gasteiger partial charge in [0.1, 0.15) is 0 Å². The van der Waals surface area contributed by atoms with Crippen molar-refractivity contribution in [2.75, 3.05) is 5.32 Å². The average Bonchev–Trinajstić information content (AvgIpc) is 3.04. The average molecular weight is 310 g/mol. The second kappa shape index (κ2) is 6.77. The predicted molar refractivity (Wildman–Crippen MR) is 91.0 cm³/mol. The molecule has 2 N–H and O–H groups in total. The maximum Gasteiger partial charge on any atom is 0.272 e. The monoisotopic (exact) mass is 310 g/mol. The quantitative estimate of drug-likeness (QED) is 0.907. The Kier molecular flexibility index (Phi) is 4.55. The van der Waals surface area contributed by atoms with Gasteiger partial charge in [0.15, 0.2) is 11.5 Å². The van der Waals surface area contributed by atoms with Crippen LogP contribution in [0.1, 0.15) is 47.3 Å². The normalized spacial score (nSPS) is 14.7. The SMILES string of the molecule is Cc1cccc(C)c1Nc1ccc(C(=O)NC2CCCC2)nn1. The molecule has 23 heavy (non-hydrogen) atoms.